The molecule has 1 unspecified atom stereocenters. The minimum atomic E-state index is -4.74. The fourth-order valence-electron chi connectivity index (χ4n) is 2.78. The van der Waals surface area contributed by atoms with Crippen molar-refractivity contribution < 1.29 is 46.8 Å². The molecule has 1 heterocycles. The molecule has 0 amide bonds. The molecule has 0 aliphatic carbocycles. The van der Waals surface area contributed by atoms with Gasteiger partial charge < -0.3 is 24.1 Å². The van der Waals surface area contributed by atoms with Gasteiger partial charge in [-0.2, -0.15) is 13.2 Å². The molecule has 2 aromatic carbocycles. The Morgan fingerprint density at radius 1 is 1.12 bits per heavy atom. The van der Waals surface area contributed by atoms with Gasteiger partial charge in [0.15, 0.2) is 29.3 Å². The van der Waals surface area contributed by atoms with Gasteiger partial charge in [0.05, 0.1) is 32.0 Å². The van der Waals surface area contributed by atoms with E-state index in [-0.39, 0.29) is 29.4 Å². The monoisotopic (exact) mass is 454 g/mol. The molecule has 1 atom stereocenters. The number of phenols is 1. The highest BCUT2D eigenvalue weighted by atomic mass is 19.4. The topological polar surface area (TPSA) is 91.3 Å². The Balaban J connectivity index is 0.000000278. The van der Waals surface area contributed by atoms with E-state index >= 15 is 0 Å². The Morgan fingerprint density at radius 2 is 1.75 bits per heavy atom. The predicted octanol–water partition coefficient (Wildman–Crippen LogP) is 4.18. The van der Waals surface area contributed by atoms with E-state index in [0.29, 0.717) is 17.6 Å². The SMILES string of the molecule is CCOC(=O)C1=Cc2cccc(OC)c2OC1C(F)(F)F.COc1cccc(C=O)c1O. The number of hydrogen-bond acceptors (Lipinski definition) is 7. The third-order valence-electron chi connectivity index (χ3n) is 4.24. The normalized spacial score (nSPS) is 14.6. The average Bonchev–Trinajstić information content (AvgIpc) is 2.77. The molecule has 3 rings (SSSR count). The molecule has 0 radical (unpaired) electrons. The highest BCUT2D eigenvalue weighted by Crippen LogP contribution is 2.42. The number of carbonyl (C=O) groups excluding carboxylic acids is 2. The Morgan fingerprint density at radius 3 is 2.31 bits per heavy atom. The van der Waals surface area contributed by atoms with Gasteiger partial charge in [0.2, 0.25) is 6.10 Å². The summed E-state index contributed by atoms with van der Waals surface area (Å²) in [4.78, 5) is 22.0. The van der Waals surface area contributed by atoms with E-state index in [1.54, 1.807) is 18.2 Å². The highest BCUT2D eigenvalue weighted by Gasteiger charge is 2.49. The van der Waals surface area contributed by atoms with Crippen LogP contribution in [0.5, 0.6) is 23.0 Å². The maximum absolute atomic E-state index is 13.1. The van der Waals surface area contributed by atoms with Crippen molar-refractivity contribution in [3.63, 3.8) is 0 Å². The zero-order chi connectivity index (χ0) is 23.9. The molecule has 0 fully saturated rings. The molecule has 32 heavy (non-hydrogen) atoms. The van der Waals surface area contributed by atoms with Crippen molar-refractivity contribution in [1.82, 2.24) is 0 Å². The average molecular weight is 454 g/mol. The first-order valence-electron chi connectivity index (χ1n) is 9.28. The summed E-state index contributed by atoms with van der Waals surface area (Å²) in [7, 11) is 2.76. The van der Waals surface area contributed by atoms with Crippen molar-refractivity contribution >= 4 is 18.3 Å². The van der Waals surface area contributed by atoms with Crippen LogP contribution in [0, 0.1) is 0 Å². The molecular formula is C22H21F3O7. The summed E-state index contributed by atoms with van der Waals surface area (Å²) in [6.45, 7) is 1.49. The van der Waals surface area contributed by atoms with E-state index in [1.807, 2.05) is 0 Å². The first-order valence-corrected chi connectivity index (χ1v) is 9.28. The van der Waals surface area contributed by atoms with Gasteiger partial charge in [-0.15, -0.1) is 0 Å². The van der Waals surface area contributed by atoms with Gasteiger partial charge in [-0.05, 0) is 31.2 Å². The third-order valence-corrected chi connectivity index (χ3v) is 4.24. The van der Waals surface area contributed by atoms with Crippen molar-refractivity contribution in [2.75, 3.05) is 20.8 Å². The second-order valence-electron chi connectivity index (χ2n) is 6.25. The van der Waals surface area contributed by atoms with Gasteiger partial charge in [0, 0.05) is 5.56 Å². The number of carbonyl (C=O) groups is 2. The summed E-state index contributed by atoms with van der Waals surface area (Å²) in [5, 5.41) is 9.23. The molecule has 0 saturated heterocycles. The number of para-hydroxylation sites is 2. The Bertz CT molecular complexity index is 1000. The highest BCUT2D eigenvalue weighted by molar-refractivity contribution is 5.96. The van der Waals surface area contributed by atoms with Crippen LogP contribution in [0.1, 0.15) is 22.8 Å². The standard InChI is InChI=1S/C14H13F3O4.C8H8O3/c1-3-20-13(18)9-7-8-5-4-6-10(19-2)11(8)21-12(9)14(15,16)17;1-11-7-4-2-3-6(5-9)8(7)10/h4-7,12H,3H2,1-2H3;2-5,10H,1H3. The lowest BCUT2D eigenvalue weighted by molar-refractivity contribution is -0.188. The number of rotatable bonds is 5. The van der Waals surface area contributed by atoms with Gasteiger partial charge in [0.1, 0.15) is 0 Å². The van der Waals surface area contributed by atoms with E-state index in [1.165, 1.54) is 39.3 Å². The molecule has 0 spiro atoms. The summed E-state index contributed by atoms with van der Waals surface area (Å²) in [6, 6.07) is 9.35. The van der Waals surface area contributed by atoms with E-state index in [9.17, 15) is 27.9 Å². The van der Waals surface area contributed by atoms with Gasteiger partial charge in [0.25, 0.3) is 0 Å². The number of aromatic hydroxyl groups is 1. The number of alkyl halides is 3. The number of methoxy groups -OCH3 is 2. The van der Waals surface area contributed by atoms with E-state index < -0.39 is 23.8 Å². The minimum Gasteiger partial charge on any atom is -0.504 e. The van der Waals surface area contributed by atoms with Gasteiger partial charge in [-0.25, -0.2) is 4.79 Å². The molecule has 0 aromatic heterocycles. The van der Waals surface area contributed by atoms with E-state index in [4.69, 9.17) is 14.2 Å². The zero-order valence-corrected chi connectivity index (χ0v) is 17.4. The van der Waals surface area contributed by atoms with Crippen LogP contribution in [0.2, 0.25) is 0 Å². The molecule has 0 saturated carbocycles. The Kier molecular flexibility index (Phi) is 8.11. The van der Waals surface area contributed by atoms with Crippen molar-refractivity contribution in [2.45, 2.75) is 19.2 Å². The molecule has 1 aliphatic rings. The molecule has 1 aliphatic heterocycles. The third kappa shape index (κ3) is 5.51. The maximum Gasteiger partial charge on any atom is 0.430 e. The number of phenolic OH excluding ortho intramolecular Hbond substituents is 1. The van der Waals surface area contributed by atoms with Gasteiger partial charge >= 0.3 is 12.1 Å². The number of aldehydes is 1. The van der Waals surface area contributed by atoms with Crippen LogP contribution in [0.15, 0.2) is 42.0 Å². The molecule has 10 heteroatoms. The van der Waals surface area contributed by atoms with Crippen LogP contribution in [-0.2, 0) is 9.53 Å². The number of fused-ring (bicyclic) bond motifs is 1. The molecule has 172 valence electrons. The van der Waals surface area contributed by atoms with E-state index in [2.05, 4.69) is 4.74 Å². The van der Waals surface area contributed by atoms with Crippen LogP contribution in [0.25, 0.3) is 6.08 Å². The summed E-state index contributed by atoms with van der Waals surface area (Å²) in [5.41, 5.74) is -0.00708. The van der Waals surface area contributed by atoms with Crippen molar-refractivity contribution in [2.24, 2.45) is 0 Å². The fraction of sp³-hybridized carbons (Fsp3) is 0.273. The first kappa shape index (κ1) is 24.6. The number of benzene rings is 2. The largest absolute Gasteiger partial charge is 0.504 e. The quantitative estimate of drug-likeness (QED) is 0.535. The van der Waals surface area contributed by atoms with Crippen molar-refractivity contribution in [3.05, 3.63) is 53.1 Å². The Labute approximate surface area is 182 Å². The van der Waals surface area contributed by atoms with E-state index in [0.717, 1.165) is 6.08 Å². The summed E-state index contributed by atoms with van der Waals surface area (Å²) in [6.07, 6.45) is -5.41. The number of halogens is 3. The van der Waals surface area contributed by atoms with Gasteiger partial charge in [-0.1, -0.05) is 18.2 Å². The maximum atomic E-state index is 13.1. The second kappa shape index (κ2) is 10.6. The van der Waals surface area contributed by atoms with Crippen LogP contribution in [0.3, 0.4) is 0 Å². The van der Waals surface area contributed by atoms with Crippen LogP contribution >= 0.6 is 0 Å². The smallest absolute Gasteiger partial charge is 0.430 e. The van der Waals surface area contributed by atoms with Crippen LogP contribution in [-0.4, -0.2) is 50.5 Å². The first-order chi connectivity index (χ1) is 15.2. The fourth-order valence-corrected chi connectivity index (χ4v) is 2.78. The number of ether oxygens (including phenoxy) is 4. The zero-order valence-electron chi connectivity index (χ0n) is 17.4. The molecule has 1 N–H and O–H groups in total. The van der Waals surface area contributed by atoms with Crippen molar-refractivity contribution in [3.8, 4) is 23.0 Å². The van der Waals surface area contributed by atoms with Crippen LogP contribution < -0.4 is 14.2 Å². The lowest BCUT2D eigenvalue weighted by Crippen LogP contribution is -2.40. The molecule has 7 nitrogen and oxygen atoms in total. The summed E-state index contributed by atoms with van der Waals surface area (Å²) in [5.74, 6) is -0.718. The summed E-state index contributed by atoms with van der Waals surface area (Å²) >= 11 is 0. The lowest BCUT2D eigenvalue weighted by atomic mass is 10.0. The Hall–Kier alpha value is -3.69. The van der Waals surface area contributed by atoms with Crippen molar-refractivity contribution in [1.29, 1.82) is 0 Å². The summed E-state index contributed by atoms with van der Waals surface area (Å²) < 4.78 is 58.7. The molecule has 2 aromatic rings. The molecule has 0 bridgehead atoms. The molecular weight excluding hydrogens is 433 g/mol. The second-order valence-corrected chi connectivity index (χ2v) is 6.25. The van der Waals surface area contributed by atoms with Crippen LogP contribution in [0.4, 0.5) is 13.2 Å². The van der Waals surface area contributed by atoms with Gasteiger partial charge in [-0.3, -0.25) is 4.79 Å². The number of esters is 1. The lowest BCUT2D eigenvalue weighted by Gasteiger charge is -2.28. The number of hydrogen-bond donors (Lipinski definition) is 1. The predicted molar refractivity (Wildman–Crippen MR) is 108 cm³/mol. The minimum absolute atomic E-state index is 0.0221.